The number of rotatable bonds is 14. The van der Waals surface area contributed by atoms with Gasteiger partial charge in [0.2, 0.25) is 0 Å². The van der Waals surface area contributed by atoms with Gasteiger partial charge >= 0.3 is 5.97 Å². The van der Waals surface area contributed by atoms with Crippen LogP contribution in [0.5, 0.6) is 28.7 Å². The zero-order chi connectivity index (χ0) is 46.1. The minimum atomic E-state index is -0.634. The maximum Gasteiger partial charge on any atom is 0.302 e. The largest absolute Gasteiger partial charge is 0.508 e. The van der Waals surface area contributed by atoms with E-state index in [2.05, 4.69) is 77.2 Å². The normalized spacial score (nSPS) is 20.9. The fourth-order valence-electron chi connectivity index (χ4n) is 11.5. The molecule has 12 heteroatoms. The Morgan fingerprint density at radius 2 is 1.79 bits per heavy atom. The first-order valence-corrected chi connectivity index (χ1v) is 23.3. The van der Waals surface area contributed by atoms with Crippen LogP contribution in [0, 0.1) is 17.8 Å². The average molecular weight is 892 g/mol. The molecule has 3 heterocycles. The molecule has 66 heavy (non-hydrogen) atoms. The highest BCUT2D eigenvalue weighted by atomic mass is 16.5. The number of para-hydroxylation sites is 1. The fraction of sp³-hybridized carbons (Fsp3) is 0.407. The zero-order valence-corrected chi connectivity index (χ0v) is 38.6. The Labute approximate surface area is 387 Å². The lowest BCUT2D eigenvalue weighted by molar-refractivity contribution is -0.141. The summed E-state index contributed by atoms with van der Waals surface area (Å²) in [7, 11) is 5.37. The molecule has 7 N–H and O–H groups in total. The SMILES string of the molecule is CCNc1ccccc1CCC1c2ccc(N)nc2C#CCc2cc(O)c(OC(CNC)CNC)cc2C2Oc3c(ccc4c3C3(CCC1C3)Cc1cc(O)cc(OC)c1-4)C2COC(C)=O. The number of aromatic nitrogens is 1. The summed E-state index contributed by atoms with van der Waals surface area (Å²) in [6, 6.07) is 24.0. The van der Waals surface area contributed by atoms with Crippen molar-refractivity contribution < 1.29 is 34.0 Å². The molecule has 5 atom stereocenters. The second-order valence-electron chi connectivity index (χ2n) is 18.4. The summed E-state index contributed by atoms with van der Waals surface area (Å²) < 4.78 is 25.9. The topological polar surface area (TPSA) is 169 Å². The number of ether oxygens (including phenoxy) is 4. The van der Waals surface area contributed by atoms with Crippen LogP contribution in [0.3, 0.4) is 0 Å². The highest BCUT2D eigenvalue weighted by molar-refractivity contribution is 5.84. The molecule has 1 saturated carbocycles. The maximum absolute atomic E-state index is 12.6. The number of esters is 1. The van der Waals surface area contributed by atoms with E-state index in [-0.39, 0.29) is 48.4 Å². The van der Waals surface area contributed by atoms with Crippen molar-refractivity contribution in [3.8, 4) is 51.7 Å². The van der Waals surface area contributed by atoms with Gasteiger partial charge in [0.05, 0.1) is 13.0 Å². The minimum absolute atomic E-state index is 0.0148. The number of hydrogen-bond donors (Lipinski definition) is 6. The summed E-state index contributed by atoms with van der Waals surface area (Å²) in [5.74, 6) is 8.69. The van der Waals surface area contributed by atoms with Gasteiger partial charge in [-0.05, 0) is 135 Å². The molecule has 4 aromatic carbocycles. The van der Waals surface area contributed by atoms with Crippen LogP contribution in [-0.4, -0.2) is 74.7 Å². The van der Waals surface area contributed by atoms with E-state index in [4.69, 9.17) is 29.7 Å². The number of nitrogen functional groups attached to an aromatic ring is 1. The molecule has 9 rings (SSSR count). The monoisotopic (exact) mass is 891 g/mol. The van der Waals surface area contributed by atoms with Crippen molar-refractivity contribution in [1.29, 1.82) is 0 Å². The number of anilines is 2. The molecule has 0 saturated heterocycles. The molecule has 4 aliphatic rings. The highest BCUT2D eigenvalue weighted by Crippen LogP contribution is 2.63. The van der Waals surface area contributed by atoms with Gasteiger partial charge in [0.25, 0.3) is 0 Å². The third-order valence-corrected chi connectivity index (χ3v) is 14.2. The van der Waals surface area contributed by atoms with E-state index >= 15 is 0 Å². The van der Waals surface area contributed by atoms with Crippen LogP contribution in [0.1, 0.15) is 102 Å². The molecule has 5 unspecified atom stereocenters. The van der Waals surface area contributed by atoms with Gasteiger partial charge in [-0.25, -0.2) is 4.98 Å². The van der Waals surface area contributed by atoms with Crippen LogP contribution in [0.15, 0.2) is 72.8 Å². The van der Waals surface area contributed by atoms with Crippen molar-refractivity contribution in [1.82, 2.24) is 15.6 Å². The molecule has 1 aromatic heterocycles. The molecule has 2 aliphatic heterocycles. The van der Waals surface area contributed by atoms with E-state index in [0.717, 1.165) is 94.6 Å². The summed E-state index contributed by atoms with van der Waals surface area (Å²) in [5.41, 5.74) is 16.8. The molecule has 4 bridgehead atoms. The molecule has 1 spiro atoms. The summed E-state index contributed by atoms with van der Waals surface area (Å²) in [6.45, 7) is 5.53. The first-order valence-electron chi connectivity index (χ1n) is 23.3. The number of likely N-dealkylation sites (N-methyl/N-ethyl adjacent to an activating group) is 2. The Hall–Kier alpha value is -6.42. The third-order valence-electron chi connectivity index (χ3n) is 14.2. The maximum atomic E-state index is 12.6. The van der Waals surface area contributed by atoms with Gasteiger partial charge in [-0.15, -0.1) is 0 Å². The predicted octanol–water partition coefficient (Wildman–Crippen LogP) is 8.07. The van der Waals surface area contributed by atoms with E-state index in [1.165, 1.54) is 12.5 Å². The van der Waals surface area contributed by atoms with E-state index in [9.17, 15) is 15.0 Å². The number of benzene rings is 4. The lowest BCUT2D eigenvalue weighted by atomic mass is 9.64. The van der Waals surface area contributed by atoms with Gasteiger partial charge in [0.15, 0.2) is 11.5 Å². The summed E-state index contributed by atoms with van der Waals surface area (Å²) in [5, 5.41) is 32.8. The fourth-order valence-corrected chi connectivity index (χ4v) is 11.5. The smallest absolute Gasteiger partial charge is 0.302 e. The molecular formula is C54H61N5O7. The van der Waals surface area contributed by atoms with E-state index in [1.54, 1.807) is 19.2 Å². The quantitative estimate of drug-likeness (QED) is 0.0469. The van der Waals surface area contributed by atoms with Crippen LogP contribution >= 0.6 is 0 Å². The number of carbonyl (C=O) groups is 1. The van der Waals surface area contributed by atoms with E-state index in [0.29, 0.717) is 42.5 Å². The second kappa shape index (κ2) is 18.8. The Morgan fingerprint density at radius 3 is 2.56 bits per heavy atom. The summed E-state index contributed by atoms with van der Waals surface area (Å²) in [6.07, 6.45) is 4.35. The molecule has 344 valence electrons. The first kappa shape index (κ1) is 44.8. The first-order chi connectivity index (χ1) is 32.0. The summed E-state index contributed by atoms with van der Waals surface area (Å²) in [4.78, 5) is 17.5. The van der Waals surface area contributed by atoms with Gasteiger partial charge in [-0.3, -0.25) is 4.79 Å². The Balaban J connectivity index is 1.28. The van der Waals surface area contributed by atoms with Crippen molar-refractivity contribution in [2.24, 2.45) is 5.92 Å². The summed E-state index contributed by atoms with van der Waals surface area (Å²) >= 11 is 0. The zero-order valence-electron chi connectivity index (χ0n) is 38.6. The third kappa shape index (κ3) is 8.46. The number of carbonyl (C=O) groups excluding carboxylic acids is 1. The van der Waals surface area contributed by atoms with E-state index < -0.39 is 17.4 Å². The number of nitrogens with one attached hydrogen (secondary N) is 3. The standard InChI is InChI=1S/C54H61N5O7/c1-6-58-44-12-8-7-10-32(44)14-15-38-34-20-21-54(26-34)27-35-22-36(61)24-48(63-5)50(35)41-17-16-40-43(30-64-31(2)60)52(66-53(40)51(41)54)42-25-47(65-37(28-56-3)29-57-4)46(62)23-33(42)11-9-13-45-39(38)18-19-49(55)59-45/h7-8,10,12,16-19,22-25,34,37-38,43,52,56-58,61-62H,6,11,14-15,20-21,26-30H2,1-5H3,(H2,55,59). The Bertz CT molecular complexity index is 2700. The van der Waals surface area contributed by atoms with Gasteiger partial charge in [-0.1, -0.05) is 42.3 Å². The van der Waals surface area contributed by atoms with Gasteiger partial charge < -0.3 is 50.8 Å². The number of phenolic OH excluding ortho intramolecular Hbond substituents is 2. The molecule has 5 aromatic rings. The van der Waals surface area contributed by atoms with Crippen molar-refractivity contribution >= 4 is 17.5 Å². The number of nitrogens with two attached hydrogens (primary N) is 1. The molecule has 2 aliphatic carbocycles. The Kier molecular flexibility index (Phi) is 12.8. The number of fused-ring (bicyclic) bond motifs is 7. The number of nitrogens with zero attached hydrogens (tertiary/aromatic N) is 1. The van der Waals surface area contributed by atoms with Crippen LogP contribution in [0.2, 0.25) is 0 Å². The number of phenols is 2. The van der Waals surface area contributed by atoms with Gasteiger partial charge in [0, 0.05) is 72.4 Å². The second-order valence-corrected chi connectivity index (χ2v) is 18.4. The van der Waals surface area contributed by atoms with Crippen LogP contribution in [0.4, 0.5) is 11.5 Å². The van der Waals surface area contributed by atoms with Crippen molar-refractivity contribution in [2.75, 3.05) is 58.5 Å². The molecular weight excluding hydrogens is 831 g/mol. The van der Waals surface area contributed by atoms with Crippen molar-refractivity contribution in [3.63, 3.8) is 0 Å². The number of aryl methyl sites for hydroxylation is 1. The van der Waals surface area contributed by atoms with Gasteiger partial charge in [0.1, 0.15) is 47.6 Å². The van der Waals surface area contributed by atoms with Crippen LogP contribution in [0.25, 0.3) is 11.1 Å². The van der Waals surface area contributed by atoms with E-state index in [1.807, 2.05) is 32.3 Å². The highest BCUT2D eigenvalue weighted by Gasteiger charge is 2.52. The van der Waals surface area contributed by atoms with Gasteiger partial charge in [-0.2, -0.15) is 0 Å². The average Bonchev–Trinajstić information content (AvgIpc) is 3.88. The minimum Gasteiger partial charge on any atom is -0.508 e. The van der Waals surface area contributed by atoms with Crippen molar-refractivity contribution in [3.05, 3.63) is 117 Å². The Morgan fingerprint density at radius 1 is 0.985 bits per heavy atom. The predicted molar refractivity (Wildman–Crippen MR) is 257 cm³/mol. The van der Waals surface area contributed by atoms with Crippen molar-refractivity contribution in [2.45, 2.75) is 88.3 Å². The molecule has 12 nitrogen and oxygen atoms in total. The number of methoxy groups -OCH3 is 1. The number of aromatic hydroxyl groups is 2. The number of hydrogen-bond acceptors (Lipinski definition) is 12. The van der Waals surface area contributed by atoms with Crippen LogP contribution in [-0.2, 0) is 34.2 Å². The lowest BCUT2D eigenvalue weighted by Gasteiger charge is -2.39. The molecule has 0 radical (unpaired) electrons. The molecule has 1 fully saturated rings. The van der Waals surface area contributed by atoms with Crippen LogP contribution < -0.4 is 35.9 Å². The molecule has 0 amide bonds. The lowest BCUT2D eigenvalue weighted by Crippen LogP contribution is -2.37. The number of pyridine rings is 1.